The molecule has 5 rings (SSSR count). The summed E-state index contributed by atoms with van der Waals surface area (Å²) < 4.78 is 6.62. The van der Waals surface area contributed by atoms with Gasteiger partial charge in [-0.1, -0.05) is 74.9 Å². The van der Waals surface area contributed by atoms with Crippen molar-refractivity contribution in [3.05, 3.63) is 47.5 Å². The zero-order valence-corrected chi connectivity index (χ0v) is 15.1. The summed E-state index contributed by atoms with van der Waals surface area (Å²) in [7, 11) is 0. The molecule has 1 heterocycles. The summed E-state index contributed by atoms with van der Waals surface area (Å²) in [6.45, 7) is 0. The molecule has 1 aromatic heterocycles. The lowest BCUT2D eigenvalue weighted by Crippen LogP contribution is -2.04. The van der Waals surface area contributed by atoms with Gasteiger partial charge in [0.2, 0.25) is 0 Å². The van der Waals surface area contributed by atoms with Crippen LogP contribution in [0.25, 0.3) is 21.9 Å². The fourth-order valence-corrected chi connectivity index (χ4v) is 5.33. The lowest BCUT2D eigenvalue weighted by atomic mass is 9.83. The predicted molar refractivity (Wildman–Crippen MR) is 105 cm³/mol. The molecule has 1 nitrogen and oxygen atoms in total. The third-order valence-electron chi connectivity index (χ3n) is 6.68. The average molecular weight is 332 g/mol. The fraction of sp³-hybridized carbons (Fsp3) is 0.500. The van der Waals surface area contributed by atoms with Gasteiger partial charge >= 0.3 is 0 Å². The summed E-state index contributed by atoms with van der Waals surface area (Å²) in [6.07, 6.45) is 13.6. The van der Waals surface area contributed by atoms with Crippen LogP contribution in [0.3, 0.4) is 0 Å². The summed E-state index contributed by atoms with van der Waals surface area (Å²) in [6, 6.07) is 13.7. The van der Waals surface area contributed by atoms with E-state index in [0.717, 1.165) is 0 Å². The van der Waals surface area contributed by atoms with Gasteiger partial charge in [-0.15, -0.1) is 0 Å². The number of para-hydroxylation sites is 2. The van der Waals surface area contributed by atoms with Crippen LogP contribution in [-0.4, -0.2) is 0 Å². The molecule has 0 spiro atoms. The maximum absolute atomic E-state index is 6.62. The molecule has 0 atom stereocenters. The molecular formula is C24H28O. The third-order valence-corrected chi connectivity index (χ3v) is 6.68. The molecule has 1 heteroatoms. The van der Waals surface area contributed by atoms with Crippen LogP contribution in [0.5, 0.6) is 0 Å². The van der Waals surface area contributed by atoms with E-state index < -0.39 is 0 Å². The minimum atomic E-state index is 0.691. The molecule has 0 unspecified atom stereocenters. The van der Waals surface area contributed by atoms with E-state index in [2.05, 4.69) is 36.4 Å². The molecule has 2 aromatic carbocycles. The summed E-state index contributed by atoms with van der Waals surface area (Å²) in [5.41, 5.74) is 5.27. The van der Waals surface area contributed by atoms with Gasteiger partial charge in [-0.25, -0.2) is 0 Å². The number of rotatable bonds is 2. The maximum atomic E-state index is 6.62. The molecule has 2 aliphatic rings. The van der Waals surface area contributed by atoms with E-state index in [4.69, 9.17) is 4.42 Å². The molecule has 130 valence electrons. The number of hydrogen-bond donors (Lipinski definition) is 0. The van der Waals surface area contributed by atoms with Crippen LogP contribution in [0.1, 0.15) is 87.2 Å². The largest absolute Gasteiger partial charge is 0.455 e. The Morgan fingerprint density at radius 2 is 1.00 bits per heavy atom. The second-order valence-corrected chi connectivity index (χ2v) is 8.22. The lowest BCUT2D eigenvalue weighted by molar-refractivity contribution is 0.438. The van der Waals surface area contributed by atoms with Crippen molar-refractivity contribution in [2.45, 2.75) is 76.0 Å². The van der Waals surface area contributed by atoms with Gasteiger partial charge in [-0.3, -0.25) is 0 Å². The smallest absolute Gasteiger partial charge is 0.138 e. The maximum Gasteiger partial charge on any atom is 0.138 e. The first-order valence-corrected chi connectivity index (χ1v) is 10.4. The Morgan fingerprint density at radius 1 is 0.560 bits per heavy atom. The summed E-state index contributed by atoms with van der Waals surface area (Å²) in [4.78, 5) is 0. The van der Waals surface area contributed by atoms with Crippen molar-refractivity contribution < 1.29 is 4.42 Å². The second kappa shape index (κ2) is 6.52. The van der Waals surface area contributed by atoms with Crippen LogP contribution in [0, 0.1) is 0 Å². The molecule has 0 aliphatic heterocycles. The highest BCUT2D eigenvalue weighted by atomic mass is 16.3. The average Bonchev–Trinajstić information content (AvgIpc) is 3.08. The number of fused-ring (bicyclic) bond motifs is 3. The van der Waals surface area contributed by atoms with Crippen molar-refractivity contribution in [1.82, 2.24) is 0 Å². The Labute approximate surface area is 150 Å². The topological polar surface area (TPSA) is 13.1 Å². The van der Waals surface area contributed by atoms with Crippen molar-refractivity contribution in [2.24, 2.45) is 0 Å². The fourth-order valence-electron chi connectivity index (χ4n) is 5.33. The van der Waals surface area contributed by atoms with E-state index in [0.29, 0.717) is 11.8 Å². The van der Waals surface area contributed by atoms with Crippen molar-refractivity contribution in [1.29, 1.82) is 0 Å². The van der Waals surface area contributed by atoms with Crippen LogP contribution >= 0.6 is 0 Å². The predicted octanol–water partition coefficient (Wildman–Crippen LogP) is 7.68. The molecule has 0 N–H and O–H groups in total. The standard InChI is InChI=1S/C24H28O/c1-3-9-17(10-4-1)19-13-7-15-21-22-16-8-14-20(24(22)25-23(19)21)18-11-5-2-6-12-18/h7-8,13-18H,1-6,9-12H2. The minimum Gasteiger partial charge on any atom is -0.455 e. The Morgan fingerprint density at radius 3 is 1.44 bits per heavy atom. The van der Waals surface area contributed by atoms with Gasteiger partial charge in [-0.2, -0.15) is 0 Å². The van der Waals surface area contributed by atoms with Crippen molar-refractivity contribution in [3.8, 4) is 0 Å². The van der Waals surface area contributed by atoms with Crippen molar-refractivity contribution >= 4 is 21.9 Å². The molecule has 2 aliphatic carbocycles. The molecule has 0 bridgehead atoms. The molecule has 2 fully saturated rings. The molecule has 0 amide bonds. The summed E-state index contributed by atoms with van der Waals surface area (Å²) >= 11 is 0. The van der Waals surface area contributed by atoms with Gasteiger partial charge < -0.3 is 4.42 Å². The van der Waals surface area contributed by atoms with E-state index in [1.807, 2.05) is 0 Å². The first-order valence-electron chi connectivity index (χ1n) is 10.4. The summed E-state index contributed by atoms with van der Waals surface area (Å²) in [5, 5.41) is 2.66. The highest BCUT2D eigenvalue weighted by molar-refractivity contribution is 6.07. The second-order valence-electron chi connectivity index (χ2n) is 8.22. The Hall–Kier alpha value is -1.76. The minimum absolute atomic E-state index is 0.691. The monoisotopic (exact) mass is 332 g/mol. The number of furan rings is 1. The Balaban J connectivity index is 1.67. The molecule has 3 aromatic rings. The van der Waals surface area contributed by atoms with E-state index in [-0.39, 0.29) is 0 Å². The van der Waals surface area contributed by atoms with Gasteiger partial charge in [0.15, 0.2) is 0 Å². The molecule has 0 saturated heterocycles. The van der Waals surface area contributed by atoms with E-state index >= 15 is 0 Å². The van der Waals surface area contributed by atoms with E-state index in [1.165, 1.54) is 97.3 Å². The zero-order valence-electron chi connectivity index (χ0n) is 15.1. The quantitative estimate of drug-likeness (QED) is 0.469. The van der Waals surface area contributed by atoms with Crippen LogP contribution in [0.15, 0.2) is 40.8 Å². The molecule has 0 radical (unpaired) electrons. The van der Waals surface area contributed by atoms with Crippen molar-refractivity contribution in [3.63, 3.8) is 0 Å². The number of benzene rings is 2. The van der Waals surface area contributed by atoms with E-state index in [1.54, 1.807) is 0 Å². The van der Waals surface area contributed by atoms with Crippen LogP contribution in [0.4, 0.5) is 0 Å². The first kappa shape index (κ1) is 15.5. The molecule has 2 saturated carbocycles. The highest BCUT2D eigenvalue weighted by Crippen LogP contribution is 2.43. The SMILES string of the molecule is c1cc(C2CCCCC2)c2oc3c(C4CCCCC4)cccc3c2c1. The van der Waals surface area contributed by atoms with Gasteiger partial charge in [0.25, 0.3) is 0 Å². The third kappa shape index (κ3) is 2.69. The zero-order chi connectivity index (χ0) is 16.6. The Bertz CT molecular complexity index is 803. The Kier molecular flexibility index (Phi) is 4.04. The van der Waals surface area contributed by atoms with Gasteiger partial charge in [0, 0.05) is 10.8 Å². The van der Waals surface area contributed by atoms with Gasteiger partial charge in [0.05, 0.1) is 0 Å². The first-order chi connectivity index (χ1) is 12.4. The van der Waals surface area contributed by atoms with Gasteiger partial charge in [0.1, 0.15) is 11.2 Å². The molecule has 25 heavy (non-hydrogen) atoms. The van der Waals surface area contributed by atoms with Crippen LogP contribution in [0.2, 0.25) is 0 Å². The normalized spacial score (nSPS) is 20.5. The number of hydrogen-bond acceptors (Lipinski definition) is 1. The van der Waals surface area contributed by atoms with Gasteiger partial charge in [-0.05, 0) is 48.6 Å². The van der Waals surface area contributed by atoms with Crippen LogP contribution < -0.4 is 0 Å². The molecular weight excluding hydrogens is 304 g/mol. The van der Waals surface area contributed by atoms with E-state index in [9.17, 15) is 0 Å². The summed E-state index contributed by atoms with van der Waals surface area (Å²) in [5.74, 6) is 1.38. The lowest BCUT2D eigenvalue weighted by Gasteiger charge is -2.22. The highest BCUT2D eigenvalue weighted by Gasteiger charge is 2.23. The van der Waals surface area contributed by atoms with Crippen molar-refractivity contribution in [2.75, 3.05) is 0 Å². The van der Waals surface area contributed by atoms with Crippen LogP contribution in [-0.2, 0) is 0 Å².